The molecule has 1 saturated carbocycles. The summed E-state index contributed by atoms with van der Waals surface area (Å²) in [5, 5.41) is 34.3. The van der Waals surface area contributed by atoms with Crippen LogP contribution in [0.5, 0.6) is 0 Å². The molecule has 0 radical (unpaired) electrons. The van der Waals surface area contributed by atoms with Crippen LogP contribution >= 0.6 is 0 Å². The summed E-state index contributed by atoms with van der Waals surface area (Å²) in [6.45, 7) is 2.52. The van der Waals surface area contributed by atoms with Crippen LogP contribution in [0.3, 0.4) is 0 Å². The van der Waals surface area contributed by atoms with E-state index in [0.717, 1.165) is 12.3 Å². The Bertz CT molecular complexity index is 1180. The second-order valence-corrected chi connectivity index (χ2v) is 9.01. The van der Waals surface area contributed by atoms with Gasteiger partial charge in [0.05, 0.1) is 24.0 Å². The van der Waals surface area contributed by atoms with Crippen molar-refractivity contribution in [3.63, 3.8) is 0 Å². The fourth-order valence-corrected chi connectivity index (χ4v) is 4.67. The van der Waals surface area contributed by atoms with Gasteiger partial charge in [-0.3, -0.25) is 0 Å². The topological polar surface area (TPSA) is 132 Å². The number of aliphatic hydroxyl groups excluding tert-OH is 2. The van der Waals surface area contributed by atoms with Crippen molar-refractivity contribution in [2.45, 2.75) is 55.8 Å². The number of hydrogen-bond donors (Lipinski definition) is 4. The van der Waals surface area contributed by atoms with Gasteiger partial charge < -0.3 is 30.1 Å². The molecule has 1 aliphatic carbocycles. The van der Waals surface area contributed by atoms with Gasteiger partial charge in [-0.05, 0) is 31.9 Å². The molecule has 0 spiro atoms. The molecule has 2 fully saturated rings. The van der Waals surface area contributed by atoms with E-state index < -0.39 is 35.6 Å². The number of nitrogens with zero attached hydrogens (tertiary/aromatic N) is 6. The Morgan fingerprint density at radius 3 is 2.59 bits per heavy atom. The number of alkyl halides is 3. The van der Waals surface area contributed by atoms with Crippen molar-refractivity contribution in [2.24, 2.45) is 0 Å². The lowest BCUT2D eigenvalue weighted by molar-refractivity contribution is -0.137. The second kappa shape index (κ2) is 8.03. The van der Waals surface area contributed by atoms with Crippen LogP contribution in [0, 0.1) is 0 Å². The lowest BCUT2D eigenvalue weighted by atomic mass is 10.0. The van der Waals surface area contributed by atoms with Gasteiger partial charge in [0.15, 0.2) is 11.5 Å². The van der Waals surface area contributed by atoms with E-state index in [1.807, 2.05) is 4.90 Å². The van der Waals surface area contributed by atoms with E-state index in [9.17, 15) is 28.5 Å². The van der Waals surface area contributed by atoms with Gasteiger partial charge in [0, 0.05) is 25.3 Å². The highest BCUT2D eigenvalue weighted by Gasteiger charge is 2.51. The van der Waals surface area contributed by atoms with Crippen LogP contribution in [0.15, 0.2) is 31.0 Å². The van der Waals surface area contributed by atoms with E-state index in [2.05, 4.69) is 25.3 Å². The van der Waals surface area contributed by atoms with E-state index in [0.29, 0.717) is 42.3 Å². The summed E-state index contributed by atoms with van der Waals surface area (Å²) in [5.41, 5.74) is -1.51. The number of halogens is 3. The summed E-state index contributed by atoms with van der Waals surface area (Å²) in [6, 6.07) is 1.74. The van der Waals surface area contributed by atoms with Gasteiger partial charge in [-0.1, -0.05) is 0 Å². The normalized spacial score (nSPS) is 29.8. The van der Waals surface area contributed by atoms with Crippen molar-refractivity contribution in [2.75, 3.05) is 23.3 Å². The third-order valence-electron chi connectivity index (χ3n) is 6.75. The molecule has 0 unspecified atom stereocenters. The third kappa shape index (κ3) is 3.83. The molecular weight excluding hydrogens is 455 g/mol. The molecule has 182 valence electrons. The van der Waals surface area contributed by atoms with E-state index in [-0.39, 0.29) is 12.5 Å². The molecule has 34 heavy (non-hydrogen) atoms. The largest absolute Gasteiger partial charge is 0.417 e. The fraction of sp³-hybridized carbons (Fsp3) is 0.524. The molecule has 10 nitrogen and oxygen atoms in total. The van der Waals surface area contributed by atoms with Crippen LogP contribution in [0.4, 0.5) is 24.8 Å². The molecule has 5 atom stereocenters. The van der Waals surface area contributed by atoms with Crippen LogP contribution < -0.4 is 10.2 Å². The van der Waals surface area contributed by atoms with Crippen molar-refractivity contribution in [3.8, 4) is 0 Å². The number of fused-ring (bicyclic) bond motifs is 1. The highest BCUT2D eigenvalue weighted by molar-refractivity contribution is 5.83. The Balaban J connectivity index is 1.32. The summed E-state index contributed by atoms with van der Waals surface area (Å²) in [7, 11) is 0. The minimum Gasteiger partial charge on any atom is -0.390 e. The fourth-order valence-electron chi connectivity index (χ4n) is 4.67. The van der Waals surface area contributed by atoms with Gasteiger partial charge in [0.1, 0.15) is 29.4 Å². The molecule has 0 aromatic carbocycles. The van der Waals surface area contributed by atoms with Gasteiger partial charge in [-0.15, -0.1) is 0 Å². The zero-order valence-corrected chi connectivity index (χ0v) is 18.2. The average Bonchev–Trinajstić information content (AvgIpc) is 3.48. The summed E-state index contributed by atoms with van der Waals surface area (Å²) in [6.07, 6.45) is -2.16. The molecule has 0 bridgehead atoms. The quantitative estimate of drug-likeness (QED) is 0.438. The Morgan fingerprint density at radius 2 is 1.94 bits per heavy atom. The van der Waals surface area contributed by atoms with Crippen LogP contribution in [0.25, 0.3) is 11.2 Å². The zero-order chi connectivity index (χ0) is 24.3. The first-order chi connectivity index (χ1) is 16.1. The van der Waals surface area contributed by atoms with Crippen LogP contribution in [-0.2, 0) is 6.18 Å². The molecule has 1 saturated heterocycles. The summed E-state index contributed by atoms with van der Waals surface area (Å²) >= 11 is 0. The number of pyridine rings is 1. The lowest BCUT2D eigenvalue weighted by Gasteiger charge is -2.26. The van der Waals surface area contributed by atoms with Crippen molar-refractivity contribution >= 4 is 22.8 Å². The van der Waals surface area contributed by atoms with Crippen molar-refractivity contribution < 1.29 is 28.5 Å². The number of nitrogens with one attached hydrogen (secondary N) is 1. The smallest absolute Gasteiger partial charge is 0.390 e. The first kappa shape index (κ1) is 22.7. The number of anilines is 2. The minimum absolute atomic E-state index is 0.0491. The van der Waals surface area contributed by atoms with Gasteiger partial charge in [0.25, 0.3) is 0 Å². The molecule has 2 aliphatic rings. The van der Waals surface area contributed by atoms with Crippen LogP contribution in [-0.4, -0.2) is 76.8 Å². The summed E-state index contributed by atoms with van der Waals surface area (Å²) in [5.74, 6) is 0.950. The maximum atomic E-state index is 12.8. The lowest BCUT2D eigenvalue weighted by Crippen LogP contribution is -2.44. The number of hydrogen-bond acceptors (Lipinski definition) is 9. The number of aromatic nitrogens is 5. The van der Waals surface area contributed by atoms with Gasteiger partial charge in [-0.2, -0.15) is 13.2 Å². The first-order valence-corrected chi connectivity index (χ1v) is 10.9. The molecule has 0 amide bonds. The predicted octanol–water partition coefficient (Wildman–Crippen LogP) is 1.35. The van der Waals surface area contributed by atoms with E-state index >= 15 is 0 Å². The molecule has 4 N–H and O–H groups in total. The summed E-state index contributed by atoms with van der Waals surface area (Å²) < 4.78 is 40.0. The zero-order valence-electron chi connectivity index (χ0n) is 18.2. The maximum Gasteiger partial charge on any atom is 0.417 e. The average molecular weight is 479 g/mol. The van der Waals surface area contributed by atoms with E-state index in [1.165, 1.54) is 25.6 Å². The first-order valence-electron chi connectivity index (χ1n) is 10.9. The Morgan fingerprint density at radius 1 is 1.15 bits per heavy atom. The predicted molar refractivity (Wildman–Crippen MR) is 115 cm³/mol. The maximum absolute atomic E-state index is 12.8. The molecule has 3 aromatic rings. The van der Waals surface area contributed by atoms with Crippen LogP contribution in [0.2, 0.25) is 0 Å². The highest BCUT2D eigenvalue weighted by atomic mass is 19.4. The number of imidazole rings is 1. The molecule has 4 heterocycles. The summed E-state index contributed by atoms with van der Waals surface area (Å²) in [4.78, 5) is 18.8. The van der Waals surface area contributed by atoms with Crippen molar-refractivity contribution in [1.82, 2.24) is 24.5 Å². The number of rotatable bonds is 4. The van der Waals surface area contributed by atoms with Crippen LogP contribution in [0.1, 0.15) is 31.4 Å². The Labute approximate surface area is 192 Å². The Hall–Kier alpha value is -3.03. The molecule has 13 heteroatoms. The van der Waals surface area contributed by atoms with Gasteiger partial charge >= 0.3 is 6.18 Å². The molecule has 1 aliphatic heterocycles. The van der Waals surface area contributed by atoms with Gasteiger partial charge in [-0.25, -0.2) is 19.9 Å². The van der Waals surface area contributed by atoms with Crippen molar-refractivity contribution in [3.05, 3.63) is 36.5 Å². The third-order valence-corrected chi connectivity index (χ3v) is 6.75. The Kier molecular flexibility index (Phi) is 5.37. The second-order valence-electron chi connectivity index (χ2n) is 9.01. The molecule has 5 rings (SSSR count). The molecular formula is C21H24F3N7O3. The monoisotopic (exact) mass is 479 g/mol. The van der Waals surface area contributed by atoms with E-state index in [1.54, 1.807) is 4.57 Å². The number of aliphatic hydroxyl groups is 3. The van der Waals surface area contributed by atoms with Gasteiger partial charge in [0.2, 0.25) is 0 Å². The minimum atomic E-state index is -4.43. The van der Waals surface area contributed by atoms with E-state index in [4.69, 9.17) is 0 Å². The standard InChI is InChI=1S/C21H24F3N7O3/c1-20(34)14(32)6-13(17(20)33)31-10-28-16-18(26-9-27-19(16)31)29-12-4-5-30(8-12)15-3-2-11(7-25-15)21(22,23)24/h2-3,7,9-10,12-14,17,32-34H,4-6,8H2,1H3,(H,26,27,29)/t12-,13+,14+,17-,20+/m0/s1. The highest BCUT2D eigenvalue weighted by Crippen LogP contribution is 2.39. The van der Waals surface area contributed by atoms with Crippen molar-refractivity contribution in [1.29, 1.82) is 0 Å². The SMILES string of the molecule is C[C@@]1(O)[C@H](O)C[C@@H](n2cnc3c(N[C@H]4CCN(c5ccc(C(F)(F)F)cn5)C4)ncnc32)[C@@H]1O. The molecule has 3 aromatic heterocycles.